The molecule has 150 valence electrons. The Morgan fingerprint density at radius 2 is 1.62 bits per heavy atom. The van der Waals surface area contributed by atoms with Crippen LogP contribution in [0, 0.1) is 0 Å². The fraction of sp³-hybridized carbons (Fsp3) is 0.273. The number of hydrogen-bond acceptors (Lipinski definition) is 5. The third-order valence-electron chi connectivity index (χ3n) is 4.51. The Labute approximate surface area is 169 Å². The van der Waals surface area contributed by atoms with Gasteiger partial charge in [-0.1, -0.05) is 62.4 Å². The predicted octanol–water partition coefficient (Wildman–Crippen LogP) is 3.40. The van der Waals surface area contributed by atoms with Gasteiger partial charge in [-0.15, -0.1) is 5.10 Å². The van der Waals surface area contributed by atoms with E-state index in [0.29, 0.717) is 5.82 Å². The van der Waals surface area contributed by atoms with Crippen LogP contribution in [-0.4, -0.2) is 39.3 Å². The highest BCUT2D eigenvalue weighted by molar-refractivity contribution is 5.88. The number of esters is 1. The molecular formula is C22H24N4O3. The Morgan fingerprint density at radius 3 is 2.24 bits per heavy atom. The summed E-state index contributed by atoms with van der Waals surface area (Å²) >= 11 is 0. The molecule has 0 bridgehead atoms. The van der Waals surface area contributed by atoms with E-state index in [1.807, 2.05) is 74.5 Å². The van der Waals surface area contributed by atoms with Gasteiger partial charge in [-0.05, 0) is 25.0 Å². The van der Waals surface area contributed by atoms with Gasteiger partial charge in [-0.3, -0.25) is 4.79 Å². The molecule has 0 saturated carbocycles. The van der Waals surface area contributed by atoms with Crippen LogP contribution in [0.1, 0.15) is 37.3 Å². The van der Waals surface area contributed by atoms with Crippen molar-refractivity contribution < 1.29 is 14.3 Å². The maximum absolute atomic E-state index is 12.5. The molecule has 7 nitrogen and oxygen atoms in total. The average molecular weight is 392 g/mol. The van der Waals surface area contributed by atoms with Gasteiger partial charge in [0, 0.05) is 11.6 Å². The van der Waals surface area contributed by atoms with Crippen molar-refractivity contribution in [2.45, 2.75) is 32.7 Å². The lowest BCUT2D eigenvalue weighted by molar-refractivity contribution is -0.125. The highest BCUT2D eigenvalue weighted by Crippen LogP contribution is 2.21. The number of aromatic nitrogens is 3. The first kappa shape index (κ1) is 20.3. The molecule has 0 aliphatic carbocycles. The van der Waals surface area contributed by atoms with Crippen LogP contribution in [0.25, 0.3) is 17.1 Å². The van der Waals surface area contributed by atoms with E-state index in [0.717, 1.165) is 24.1 Å². The number of rotatable bonds is 8. The number of carbonyl (C=O) groups is 2. The monoisotopic (exact) mass is 392 g/mol. The quantitative estimate of drug-likeness (QED) is 0.594. The molecule has 3 rings (SSSR count). The van der Waals surface area contributed by atoms with Gasteiger partial charge in [0.15, 0.2) is 12.4 Å². The van der Waals surface area contributed by atoms with E-state index in [1.54, 1.807) is 4.68 Å². The number of nitrogens with zero attached hydrogens (tertiary/aromatic N) is 3. The topological polar surface area (TPSA) is 86.1 Å². The van der Waals surface area contributed by atoms with Crippen molar-refractivity contribution in [1.29, 1.82) is 0 Å². The van der Waals surface area contributed by atoms with Crippen LogP contribution in [0.5, 0.6) is 0 Å². The molecular weight excluding hydrogens is 368 g/mol. The van der Waals surface area contributed by atoms with Crippen LogP contribution in [0.3, 0.4) is 0 Å². The van der Waals surface area contributed by atoms with Crippen LogP contribution in [0.15, 0.2) is 60.7 Å². The maximum atomic E-state index is 12.5. The van der Waals surface area contributed by atoms with E-state index in [2.05, 4.69) is 15.4 Å². The van der Waals surface area contributed by atoms with E-state index >= 15 is 0 Å². The molecule has 0 aliphatic heterocycles. The van der Waals surface area contributed by atoms with Gasteiger partial charge in [-0.25, -0.2) is 14.5 Å². The first-order valence-corrected chi connectivity index (χ1v) is 9.66. The molecule has 0 spiro atoms. The van der Waals surface area contributed by atoms with Crippen LogP contribution >= 0.6 is 0 Å². The van der Waals surface area contributed by atoms with Gasteiger partial charge in [0.05, 0.1) is 5.69 Å². The Hall–Kier alpha value is -3.48. The number of ether oxygens (including phenoxy) is 1. The predicted molar refractivity (Wildman–Crippen MR) is 110 cm³/mol. The molecule has 1 aromatic heterocycles. The smallest absolute Gasteiger partial charge is 0.378 e. The van der Waals surface area contributed by atoms with Crippen LogP contribution in [0.4, 0.5) is 0 Å². The molecule has 7 heteroatoms. The second-order valence-electron chi connectivity index (χ2n) is 6.53. The molecule has 0 fully saturated rings. The zero-order chi connectivity index (χ0) is 20.6. The summed E-state index contributed by atoms with van der Waals surface area (Å²) in [7, 11) is 0. The molecule has 3 aromatic rings. The van der Waals surface area contributed by atoms with Crippen molar-refractivity contribution in [2.75, 3.05) is 6.61 Å². The average Bonchev–Trinajstić information content (AvgIpc) is 3.22. The summed E-state index contributed by atoms with van der Waals surface area (Å²) in [6.07, 6.45) is 1.64. The second-order valence-corrected chi connectivity index (χ2v) is 6.53. The molecule has 0 atom stereocenters. The molecule has 2 aromatic carbocycles. The summed E-state index contributed by atoms with van der Waals surface area (Å²) < 4.78 is 6.72. The van der Waals surface area contributed by atoms with Crippen LogP contribution in [-0.2, 0) is 9.53 Å². The van der Waals surface area contributed by atoms with Crippen molar-refractivity contribution in [3.8, 4) is 17.1 Å². The van der Waals surface area contributed by atoms with Gasteiger partial charge in [0.25, 0.3) is 11.7 Å². The van der Waals surface area contributed by atoms with E-state index < -0.39 is 5.97 Å². The lowest BCUT2D eigenvalue weighted by Crippen LogP contribution is -2.37. The third kappa shape index (κ3) is 5.07. The lowest BCUT2D eigenvalue weighted by atomic mass is 10.2. The van der Waals surface area contributed by atoms with Gasteiger partial charge in [0.2, 0.25) is 0 Å². The molecule has 0 aliphatic rings. The van der Waals surface area contributed by atoms with E-state index in [4.69, 9.17) is 4.74 Å². The van der Waals surface area contributed by atoms with Crippen molar-refractivity contribution in [3.05, 3.63) is 66.5 Å². The van der Waals surface area contributed by atoms with E-state index in [1.165, 1.54) is 0 Å². The van der Waals surface area contributed by atoms with Crippen molar-refractivity contribution in [3.63, 3.8) is 0 Å². The minimum atomic E-state index is -0.739. The lowest BCUT2D eigenvalue weighted by Gasteiger charge is -2.14. The summed E-state index contributed by atoms with van der Waals surface area (Å²) in [6.45, 7) is 3.62. The zero-order valence-electron chi connectivity index (χ0n) is 16.5. The van der Waals surface area contributed by atoms with Crippen molar-refractivity contribution in [1.82, 2.24) is 20.1 Å². The molecule has 29 heavy (non-hydrogen) atoms. The van der Waals surface area contributed by atoms with Gasteiger partial charge in [0.1, 0.15) is 0 Å². The van der Waals surface area contributed by atoms with Crippen molar-refractivity contribution in [2.24, 2.45) is 0 Å². The summed E-state index contributed by atoms with van der Waals surface area (Å²) in [4.78, 5) is 28.8. The third-order valence-corrected chi connectivity index (χ3v) is 4.51. The standard InChI is InChI=1S/C22H24N4O3/c1-3-17(4-2)23-19(27)15-29-22(28)20-24-21(16-11-7-5-8-12-16)26(25-20)18-13-9-6-10-14-18/h5-14,17H,3-4,15H2,1-2H3,(H,23,27). The maximum Gasteiger partial charge on any atom is 0.378 e. The molecule has 1 heterocycles. The molecule has 0 saturated heterocycles. The van der Waals surface area contributed by atoms with Gasteiger partial charge < -0.3 is 10.1 Å². The van der Waals surface area contributed by atoms with Gasteiger partial charge >= 0.3 is 5.97 Å². The normalized spacial score (nSPS) is 10.7. The first-order valence-electron chi connectivity index (χ1n) is 9.66. The number of hydrogen-bond donors (Lipinski definition) is 1. The summed E-state index contributed by atoms with van der Waals surface area (Å²) in [5.41, 5.74) is 1.58. The minimum absolute atomic E-state index is 0.0706. The van der Waals surface area contributed by atoms with Crippen LogP contribution < -0.4 is 5.32 Å². The fourth-order valence-corrected chi connectivity index (χ4v) is 2.88. The molecule has 0 unspecified atom stereocenters. The highest BCUT2D eigenvalue weighted by atomic mass is 16.5. The summed E-state index contributed by atoms with van der Waals surface area (Å²) in [6, 6.07) is 18.9. The fourth-order valence-electron chi connectivity index (χ4n) is 2.88. The van der Waals surface area contributed by atoms with E-state index in [9.17, 15) is 9.59 Å². The number of nitrogens with one attached hydrogen (secondary N) is 1. The number of amides is 1. The Balaban J connectivity index is 1.80. The Kier molecular flexibility index (Phi) is 6.73. The van der Waals surface area contributed by atoms with Crippen molar-refractivity contribution >= 4 is 11.9 Å². The SMILES string of the molecule is CCC(CC)NC(=O)COC(=O)c1nc(-c2ccccc2)n(-c2ccccc2)n1. The molecule has 0 radical (unpaired) electrons. The van der Waals surface area contributed by atoms with Gasteiger partial charge in [-0.2, -0.15) is 0 Å². The molecule has 1 amide bonds. The zero-order valence-corrected chi connectivity index (χ0v) is 16.5. The summed E-state index contributed by atoms with van der Waals surface area (Å²) in [5.74, 6) is -0.650. The minimum Gasteiger partial charge on any atom is -0.450 e. The second kappa shape index (κ2) is 9.64. The van der Waals surface area contributed by atoms with Crippen LogP contribution in [0.2, 0.25) is 0 Å². The number of benzene rings is 2. The largest absolute Gasteiger partial charge is 0.450 e. The summed E-state index contributed by atoms with van der Waals surface area (Å²) in [5, 5.41) is 7.16. The Bertz CT molecular complexity index is 894. The number of para-hydroxylation sites is 1. The number of carbonyl (C=O) groups excluding carboxylic acids is 2. The first-order chi connectivity index (χ1) is 14.1. The highest BCUT2D eigenvalue weighted by Gasteiger charge is 2.21. The molecule has 1 N–H and O–H groups in total. The van der Waals surface area contributed by atoms with E-state index in [-0.39, 0.29) is 24.4 Å². The Morgan fingerprint density at radius 1 is 1.00 bits per heavy atom.